The van der Waals surface area contributed by atoms with Crippen LogP contribution in [-0.2, 0) is 6.54 Å². The van der Waals surface area contributed by atoms with E-state index in [1.807, 2.05) is 50.5 Å². The van der Waals surface area contributed by atoms with Gasteiger partial charge in [0.05, 0.1) is 12.1 Å². The summed E-state index contributed by atoms with van der Waals surface area (Å²) in [6, 6.07) is 10.2. The number of imidazole rings is 1. The molecule has 4 nitrogen and oxygen atoms in total. The molecule has 3 aromatic rings. The number of fused-ring (bicyclic) bond motifs is 1. The standard InChI is InChI=1S/C16H17N3O/c1-12(2)19-9-8-18(16(19)20)11-13-5-6-15-14(10-13)4-3-7-17-15/h3-10,12H,11H2,1-2H3. The maximum absolute atomic E-state index is 12.2. The van der Waals surface area contributed by atoms with Gasteiger partial charge in [-0.3, -0.25) is 14.1 Å². The van der Waals surface area contributed by atoms with Crippen molar-refractivity contribution >= 4 is 10.9 Å². The van der Waals surface area contributed by atoms with E-state index in [0.29, 0.717) is 6.54 Å². The Morgan fingerprint density at radius 1 is 1.20 bits per heavy atom. The van der Waals surface area contributed by atoms with Gasteiger partial charge in [0.15, 0.2) is 0 Å². The fourth-order valence-corrected chi connectivity index (χ4v) is 2.36. The fourth-order valence-electron chi connectivity index (χ4n) is 2.36. The Balaban J connectivity index is 1.95. The van der Waals surface area contributed by atoms with Gasteiger partial charge in [-0.1, -0.05) is 12.1 Å². The number of pyridine rings is 1. The van der Waals surface area contributed by atoms with E-state index >= 15 is 0 Å². The molecule has 0 saturated heterocycles. The van der Waals surface area contributed by atoms with Gasteiger partial charge in [-0.05, 0) is 37.6 Å². The van der Waals surface area contributed by atoms with E-state index in [9.17, 15) is 4.79 Å². The Hall–Kier alpha value is -2.36. The van der Waals surface area contributed by atoms with Gasteiger partial charge in [0.2, 0.25) is 0 Å². The highest BCUT2D eigenvalue weighted by atomic mass is 16.1. The molecule has 0 aliphatic heterocycles. The lowest BCUT2D eigenvalue weighted by atomic mass is 10.1. The summed E-state index contributed by atoms with van der Waals surface area (Å²) in [4.78, 5) is 16.5. The van der Waals surface area contributed by atoms with E-state index in [-0.39, 0.29) is 11.7 Å². The Kier molecular flexibility index (Phi) is 3.14. The summed E-state index contributed by atoms with van der Waals surface area (Å²) in [5, 5.41) is 1.10. The number of nitrogens with zero attached hydrogens (tertiary/aromatic N) is 3. The molecule has 0 aliphatic rings. The second-order valence-corrected chi connectivity index (χ2v) is 5.24. The van der Waals surface area contributed by atoms with Gasteiger partial charge in [0.25, 0.3) is 0 Å². The Morgan fingerprint density at radius 3 is 2.80 bits per heavy atom. The molecule has 3 rings (SSSR count). The lowest BCUT2D eigenvalue weighted by molar-refractivity contribution is 0.561. The zero-order chi connectivity index (χ0) is 14.1. The van der Waals surface area contributed by atoms with Crippen LogP contribution in [0.5, 0.6) is 0 Å². The molecule has 1 aromatic carbocycles. The maximum Gasteiger partial charge on any atom is 0.328 e. The second kappa shape index (κ2) is 4.96. The zero-order valence-corrected chi connectivity index (χ0v) is 11.7. The van der Waals surface area contributed by atoms with Gasteiger partial charge >= 0.3 is 5.69 Å². The molecule has 2 heterocycles. The summed E-state index contributed by atoms with van der Waals surface area (Å²) in [5.41, 5.74) is 2.11. The molecule has 0 amide bonds. The third-order valence-electron chi connectivity index (χ3n) is 3.45. The number of rotatable bonds is 3. The highest BCUT2D eigenvalue weighted by Crippen LogP contribution is 2.14. The summed E-state index contributed by atoms with van der Waals surface area (Å²) in [6.45, 7) is 4.60. The third-order valence-corrected chi connectivity index (χ3v) is 3.45. The largest absolute Gasteiger partial charge is 0.328 e. The summed E-state index contributed by atoms with van der Waals surface area (Å²) >= 11 is 0. The van der Waals surface area contributed by atoms with Crippen LogP contribution in [0.15, 0.2) is 53.7 Å². The van der Waals surface area contributed by atoms with Crippen LogP contribution in [-0.4, -0.2) is 14.1 Å². The molecule has 0 radical (unpaired) electrons. The van der Waals surface area contributed by atoms with Crippen molar-refractivity contribution in [2.45, 2.75) is 26.4 Å². The number of hydrogen-bond acceptors (Lipinski definition) is 2. The van der Waals surface area contributed by atoms with Crippen LogP contribution < -0.4 is 5.69 Å². The first-order valence-corrected chi connectivity index (χ1v) is 6.76. The summed E-state index contributed by atoms with van der Waals surface area (Å²) in [5.74, 6) is 0. The number of aromatic nitrogens is 3. The smallest absolute Gasteiger partial charge is 0.297 e. The van der Waals surface area contributed by atoms with E-state index in [2.05, 4.69) is 11.1 Å². The zero-order valence-electron chi connectivity index (χ0n) is 11.7. The van der Waals surface area contributed by atoms with Gasteiger partial charge in [0.1, 0.15) is 0 Å². The van der Waals surface area contributed by atoms with Crippen molar-refractivity contribution in [1.29, 1.82) is 0 Å². The first-order valence-electron chi connectivity index (χ1n) is 6.76. The first-order chi connectivity index (χ1) is 9.65. The van der Waals surface area contributed by atoms with Crippen LogP contribution >= 0.6 is 0 Å². The van der Waals surface area contributed by atoms with Gasteiger partial charge in [0, 0.05) is 30.0 Å². The molecule has 0 spiro atoms. The minimum absolute atomic E-state index is 0.0336. The molecule has 102 valence electrons. The Labute approximate surface area is 117 Å². The molecule has 0 atom stereocenters. The molecule has 0 saturated carbocycles. The predicted molar refractivity (Wildman–Crippen MR) is 79.9 cm³/mol. The average molecular weight is 267 g/mol. The molecule has 0 N–H and O–H groups in total. The van der Waals surface area contributed by atoms with Crippen molar-refractivity contribution in [2.24, 2.45) is 0 Å². The van der Waals surface area contributed by atoms with Crippen molar-refractivity contribution in [2.75, 3.05) is 0 Å². The molecule has 0 aliphatic carbocycles. The summed E-state index contributed by atoms with van der Waals surface area (Å²) in [6.07, 6.45) is 5.47. The lowest BCUT2D eigenvalue weighted by Gasteiger charge is -2.06. The van der Waals surface area contributed by atoms with E-state index in [1.54, 1.807) is 15.3 Å². The van der Waals surface area contributed by atoms with E-state index < -0.39 is 0 Å². The van der Waals surface area contributed by atoms with Crippen LogP contribution in [0.2, 0.25) is 0 Å². The quantitative estimate of drug-likeness (QED) is 0.732. The monoisotopic (exact) mass is 267 g/mol. The SMILES string of the molecule is CC(C)n1ccn(Cc2ccc3ncccc3c2)c1=O. The van der Waals surface area contributed by atoms with Crippen LogP contribution in [0.1, 0.15) is 25.5 Å². The van der Waals surface area contributed by atoms with E-state index in [1.165, 1.54) is 0 Å². The third kappa shape index (κ3) is 2.25. The van der Waals surface area contributed by atoms with Crippen LogP contribution in [0.4, 0.5) is 0 Å². The number of hydrogen-bond donors (Lipinski definition) is 0. The normalized spacial score (nSPS) is 11.3. The minimum Gasteiger partial charge on any atom is -0.297 e. The maximum atomic E-state index is 12.2. The van der Waals surface area contributed by atoms with Crippen molar-refractivity contribution in [3.63, 3.8) is 0 Å². The highest BCUT2D eigenvalue weighted by molar-refractivity contribution is 5.78. The number of benzene rings is 1. The van der Waals surface area contributed by atoms with Crippen molar-refractivity contribution < 1.29 is 0 Å². The predicted octanol–water partition coefficient (Wildman–Crippen LogP) is 2.83. The van der Waals surface area contributed by atoms with Crippen LogP contribution in [0, 0.1) is 0 Å². The minimum atomic E-state index is 0.0336. The topological polar surface area (TPSA) is 39.8 Å². The van der Waals surface area contributed by atoms with Crippen molar-refractivity contribution in [3.05, 3.63) is 65.0 Å². The fraction of sp³-hybridized carbons (Fsp3) is 0.250. The average Bonchev–Trinajstić information content (AvgIpc) is 2.80. The Morgan fingerprint density at radius 2 is 2.05 bits per heavy atom. The van der Waals surface area contributed by atoms with Gasteiger partial charge in [-0.2, -0.15) is 0 Å². The molecule has 4 heteroatoms. The van der Waals surface area contributed by atoms with Crippen LogP contribution in [0.3, 0.4) is 0 Å². The molecule has 20 heavy (non-hydrogen) atoms. The molecule has 0 fully saturated rings. The van der Waals surface area contributed by atoms with Gasteiger partial charge < -0.3 is 0 Å². The van der Waals surface area contributed by atoms with Gasteiger partial charge in [-0.15, -0.1) is 0 Å². The second-order valence-electron chi connectivity index (χ2n) is 5.24. The molecule has 2 aromatic heterocycles. The Bertz CT molecular complexity index is 799. The molecule has 0 bridgehead atoms. The van der Waals surface area contributed by atoms with E-state index in [0.717, 1.165) is 16.5 Å². The van der Waals surface area contributed by atoms with Crippen molar-refractivity contribution in [3.8, 4) is 0 Å². The van der Waals surface area contributed by atoms with Gasteiger partial charge in [-0.25, -0.2) is 4.79 Å². The first kappa shape index (κ1) is 12.7. The lowest BCUT2D eigenvalue weighted by Crippen LogP contribution is -2.25. The van der Waals surface area contributed by atoms with Crippen LogP contribution in [0.25, 0.3) is 10.9 Å². The van der Waals surface area contributed by atoms with Crippen molar-refractivity contribution in [1.82, 2.24) is 14.1 Å². The summed E-state index contributed by atoms with van der Waals surface area (Å²) in [7, 11) is 0. The highest BCUT2D eigenvalue weighted by Gasteiger charge is 2.06. The summed E-state index contributed by atoms with van der Waals surface area (Å²) < 4.78 is 3.47. The van der Waals surface area contributed by atoms with E-state index in [4.69, 9.17) is 0 Å². The molecular weight excluding hydrogens is 250 g/mol. The molecule has 0 unspecified atom stereocenters. The molecular formula is C16H17N3O.